The molecule has 2 aromatic rings. The minimum atomic E-state index is -1.23. The smallest absolute Gasteiger partial charge is 0.322 e. The van der Waals surface area contributed by atoms with Gasteiger partial charge in [-0.3, -0.25) is 19.7 Å². The van der Waals surface area contributed by atoms with Crippen LogP contribution < -0.4 is 21.3 Å². The highest BCUT2D eigenvalue weighted by Crippen LogP contribution is 2.27. The molecule has 162 valence electrons. The summed E-state index contributed by atoms with van der Waals surface area (Å²) < 4.78 is 0. The molecule has 1 aliphatic rings. The van der Waals surface area contributed by atoms with Crippen LogP contribution in [0.2, 0.25) is 0 Å². The third-order valence-corrected chi connectivity index (χ3v) is 5.05. The van der Waals surface area contributed by atoms with Gasteiger partial charge in [0.15, 0.2) is 0 Å². The van der Waals surface area contributed by atoms with Crippen molar-refractivity contribution in [1.82, 2.24) is 16.0 Å². The summed E-state index contributed by atoms with van der Waals surface area (Å²) in [5.41, 5.74) is 0.385. The lowest BCUT2D eigenvalue weighted by Gasteiger charge is -2.23. The average molecular weight is 422 g/mol. The van der Waals surface area contributed by atoms with Crippen molar-refractivity contribution in [2.45, 2.75) is 38.8 Å². The molecule has 0 saturated carbocycles. The molecule has 1 aliphatic heterocycles. The van der Waals surface area contributed by atoms with Crippen molar-refractivity contribution >= 4 is 29.4 Å². The van der Waals surface area contributed by atoms with Gasteiger partial charge in [-0.2, -0.15) is 0 Å². The summed E-state index contributed by atoms with van der Waals surface area (Å²) in [6.45, 7) is 5.45. The van der Waals surface area contributed by atoms with Gasteiger partial charge in [-0.05, 0) is 36.1 Å². The van der Waals surface area contributed by atoms with Crippen molar-refractivity contribution in [3.05, 3.63) is 65.7 Å². The summed E-state index contributed by atoms with van der Waals surface area (Å²) in [5, 5.41) is 10.4. The second-order valence-corrected chi connectivity index (χ2v) is 8.11. The first-order valence-electron chi connectivity index (χ1n) is 10.1. The normalized spacial score (nSPS) is 18.8. The second kappa shape index (κ2) is 8.99. The Morgan fingerprint density at radius 2 is 1.74 bits per heavy atom. The van der Waals surface area contributed by atoms with Gasteiger partial charge in [0.1, 0.15) is 11.6 Å². The van der Waals surface area contributed by atoms with Crippen LogP contribution in [0.5, 0.6) is 0 Å². The Labute approximate surface area is 180 Å². The maximum absolute atomic E-state index is 13.1. The molecule has 4 N–H and O–H groups in total. The first kappa shape index (κ1) is 22.0. The molecule has 0 spiro atoms. The monoisotopic (exact) mass is 422 g/mol. The zero-order chi connectivity index (χ0) is 22.6. The van der Waals surface area contributed by atoms with Crippen molar-refractivity contribution in [3.63, 3.8) is 0 Å². The van der Waals surface area contributed by atoms with E-state index in [1.165, 1.54) is 0 Å². The maximum Gasteiger partial charge on any atom is 0.322 e. The summed E-state index contributed by atoms with van der Waals surface area (Å²) in [6.07, 6.45) is 0.305. The number of hydrogen-bond acceptors (Lipinski definition) is 4. The van der Waals surface area contributed by atoms with Crippen LogP contribution in [0.4, 0.5) is 10.5 Å². The lowest BCUT2D eigenvalue weighted by atomic mass is 9.92. The number of imide groups is 1. The SMILES string of the molecule is CC(C)CC(=O)NC(C(=O)Nc1cccc(C2(C)NC(=O)NC2=O)c1)c1ccccc1. The fourth-order valence-corrected chi connectivity index (χ4v) is 3.41. The van der Waals surface area contributed by atoms with Crippen molar-refractivity contribution in [1.29, 1.82) is 0 Å². The van der Waals surface area contributed by atoms with E-state index in [2.05, 4.69) is 21.3 Å². The predicted octanol–water partition coefficient (Wildman–Crippen LogP) is 2.58. The number of carbonyl (C=O) groups is 4. The van der Waals surface area contributed by atoms with Crippen LogP contribution in [-0.4, -0.2) is 23.8 Å². The summed E-state index contributed by atoms with van der Waals surface area (Å²) in [6, 6.07) is 14.2. The van der Waals surface area contributed by atoms with E-state index in [1.807, 2.05) is 19.9 Å². The third-order valence-electron chi connectivity index (χ3n) is 5.05. The Hall–Kier alpha value is -3.68. The predicted molar refractivity (Wildman–Crippen MR) is 116 cm³/mol. The fraction of sp³-hybridized carbons (Fsp3) is 0.304. The molecule has 0 radical (unpaired) electrons. The largest absolute Gasteiger partial charge is 0.341 e. The lowest BCUT2D eigenvalue weighted by molar-refractivity contribution is -0.127. The van der Waals surface area contributed by atoms with Gasteiger partial charge in [0.25, 0.3) is 11.8 Å². The quantitative estimate of drug-likeness (QED) is 0.513. The third kappa shape index (κ3) is 5.09. The second-order valence-electron chi connectivity index (χ2n) is 8.11. The van der Waals surface area contributed by atoms with E-state index in [-0.39, 0.29) is 11.8 Å². The first-order valence-corrected chi connectivity index (χ1v) is 10.1. The number of nitrogens with one attached hydrogen (secondary N) is 4. The Morgan fingerprint density at radius 3 is 2.35 bits per heavy atom. The van der Waals surface area contributed by atoms with Crippen molar-refractivity contribution in [3.8, 4) is 0 Å². The summed E-state index contributed by atoms with van der Waals surface area (Å²) in [4.78, 5) is 49.2. The van der Waals surface area contributed by atoms with Crippen LogP contribution in [-0.2, 0) is 19.9 Å². The van der Waals surface area contributed by atoms with Crippen LogP contribution in [0, 0.1) is 5.92 Å². The van der Waals surface area contributed by atoms with Gasteiger partial charge in [0.05, 0.1) is 0 Å². The Bertz CT molecular complexity index is 1010. The summed E-state index contributed by atoms with van der Waals surface area (Å²) >= 11 is 0. The van der Waals surface area contributed by atoms with Crippen LogP contribution in [0.1, 0.15) is 44.4 Å². The highest BCUT2D eigenvalue weighted by Gasteiger charge is 2.43. The van der Waals surface area contributed by atoms with E-state index >= 15 is 0 Å². The van der Waals surface area contributed by atoms with E-state index in [9.17, 15) is 19.2 Å². The number of rotatable bonds is 7. The number of anilines is 1. The molecule has 8 heteroatoms. The zero-order valence-electron chi connectivity index (χ0n) is 17.7. The molecule has 2 atom stereocenters. The van der Waals surface area contributed by atoms with Crippen molar-refractivity contribution in [2.24, 2.45) is 5.92 Å². The van der Waals surface area contributed by atoms with E-state index in [0.29, 0.717) is 23.2 Å². The van der Waals surface area contributed by atoms with Gasteiger partial charge in [0, 0.05) is 12.1 Å². The lowest BCUT2D eigenvalue weighted by Crippen LogP contribution is -2.40. The van der Waals surface area contributed by atoms with Crippen molar-refractivity contribution in [2.75, 3.05) is 5.32 Å². The van der Waals surface area contributed by atoms with Crippen LogP contribution in [0.15, 0.2) is 54.6 Å². The highest BCUT2D eigenvalue weighted by molar-refractivity contribution is 6.07. The molecule has 2 aromatic carbocycles. The van der Waals surface area contributed by atoms with Gasteiger partial charge < -0.3 is 16.0 Å². The Balaban J connectivity index is 1.82. The molecule has 0 aromatic heterocycles. The molecular formula is C23H26N4O4. The number of hydrogen-bond donors (Lipinski definition) is 4. The highest BCUT2D eigenvalue weighted by atomic mass is 16.2. The average Bonchev–Trinajstić information content (AvgIpc) is 2.99. The van der Waals surface area contributed by atoms with Crippen LogP contribution in [0.25, 0.3) is 0 Å². The topological polar surface area (TPSA) is 116 Å². The molecule has 1 heterocycles. The molecule has 0 aliphatic carbocycles. The van der Waals surface area contributed by atoms with Gasteiger partial charge in [-0.25, -0.2) is 4.79 Å². The van der Waals surface area contributed by atoms with Gasteiger partial charge in [-0.15, -0.1) is 0 Å². The van der Waals surface area contributed by atoms with E-state index in [1.54, 1.807) is 55.5 Å². The summed E-state index contributed by atoms with van der Waals surface area (Å²) in [5.74, 6) is -0.940. The molecule has 1 fully saturated rings. The maximum atomic E-state index is 13.1. The molecule has 2 unspecified atom stereocenters. The number of benzene rings is 2. The van der Waals surface area contributed by atoms with E-state index < -0.39 is 29.4 Å². The molecule has 8 nitrogen and oxygen atoms in total. The Kier molecular flexibility index (Phi) is 6.39. The fourth-order valence-electron chi connectivity index (χ4n) is 3.41. The molecular weight excluding hydrogens is 396 g/mol. The zero-order valence-corrected chi connectivity index (χ0v) is 17.7. The van der Waals surface area contributed by atoms with Gasteiger partial charge in [-0.1, -0.05) is 56.3 Å². The first-order chi connectivity index (χ1) is 14.7. The van der Waals surface area contributed by atoms with Gasteiger partial charge >= 0.3 is 6.03 Å². The minimum absolute atomic E-state index is 0.157. The van der Waals surface area contributed by atoms with Gasteiger partial charge in [0.2, 0.25) is 5.91 Å². The Morgan fingerprint density at radius 1 is 1.03 bits per heavy atom. The minimum Gasteiger partial charge on any atom is -0.341 e. The van der Waals surface area contributed by atoms with E-state index in [4.69, 9.17) is 0 Å². The molecule has 1 saturated heterocycles. The molecule has 5 amide bonds. The number of carbonyl (C=O) groups excluding carboxylic acids is 4. The number of amides is 5. The van der Waals surface area contributed by atoms with E-state index in [0.717, 1.165) is 0 Å². The van der Waals surface area contributed by atoms with Crippen molar-refractivity contribution < 1.29 is 19.2 Å². The standard InChI is InChI=1S/C23H26N4O4/c1-14(2)12-18(28)25-19(15-8-5-4-6-9-15)20(29)24-17-11-7-10-16(13-17)23(3)21(30)26-22(31)27-23/h4-11,13-14,19H,12H2,1-3H3,(H,24,29)(H,25,28)(H2,26,27,30,31). The molecule has 31 heavy (non-hydrogen) atoms. The molecule has 3 rings (SSSR count). The van der Waals surface area contributed by atoms with Crippen LogP contribution >= 0.6 is 0 Å². The molecule has 0 bridgehead atoms. The van der Waals surface area contributed by atoms with Crippen LogP contribution in [0.3, 0.4) is 0 Å². The number of urea groups is 1. The summed E-state index contributed by atoms with van der Waals surface area (Å²) in [7, 11) is 0.